The summed E-state index contributed by atoms with van der Waals surface area (Å²) in [5.74, 6) is -0.521. The smallest absolute Gasteiger partial charge is 0.185 e. The van der Waals surface area contributed by atoms with Crippen molar-refractivity contribution in [3.8, 4) is 0 Å². The molecule has 4 rings (SSSR count). The molecule has 0 atom stereocenters. The Balaban J connectivity index is 1.42. The minimum atomic E-state index is -3.55. The number of hydrogen-bond donors (Lipinski definition) is 0. The summed E-state index contributed by atoms with van der Waals surface area (Å²) in [5, 5.41) is 3.17. The molecule has 8 heteroatoms. The lowest BCUT2D eigenvalue weighted by molar-refractivity contribution is 0.527. The van der Waals surface area contributed by atoms with Gasteiger partial charge in [-0.25, -0.2) is 17.8 Å². The Hall–Kier alpha value is -1.96. The molecule has 30 heavy (non-hydrogen) atoms. The number of halogens is 2. The first kappa shape index (κ1) is 21.3. The minimum absolute atomic E-state index is 0.112. The summed E-state index contributed by atoms with van der Waals surface area (Å²) in [6, 6.07) is 11.7. The first-order valence-corrected chi connectivity index (χ1v) is 12.6. The molecule has 1 aromatic heterocycles. The van der Waals surface area contributed by atoms with Gasteiger partial charge in [-0.1, -0.05) is 29.8 Å². The molecule has 0 amide bonds. The zero-order valence-corrected chi connectivity index (χ0v) is 18.9. The van der Waals surface area contributed by atoms with Gasteiger partial charge in [-0.2, -0.15) is 0 Å². The van der Waals surface area contributed by atoms with Gasteiger partial charge in [-0.05, 0) is 55.2 Å². The zero-order chi connectivity index (χ0) is 21.3. The molecule has 0 saturated carbocycles. The van der Waals surface area contributed by atoms with Crippen molar-refractivity contribution < 1.29 is 12.8 Å². The number of nitrogens with zero attached hydrogens (tertiary/aromatic N) is 2. The molecule has 0 unspecified atom stereocenters. The van der Waals surface area contributed by atoms with Crippen molar-refractivity contribution in [1.29, 1.82) is 0 Å². The predicted molar refractivity (Wildman–Crippen MR) is 120 cm³/mol. The highest BCUT2D eigenvalue weighted by molar-refractivity contribution is 7.92. The summed E-state index contributed by atoms with van der Waals surface area (Å²) >= 11 is 7.52. The Bertz CT molecular complexity index is 1140. The van der Waals surface area contributed by atoms with Crippen molar-refractivity contribution in [2.24, 2.45) is 0 Å². The molecule has 0 N–H and O–H groups in total. The topological polar surface area (TPSA) is 50.3 Å². The second-order valence-electron chi connectivity index (χ2n) is 7.57. The summed E-state index contributed by atoms with van der Waals surface area (Å²) in [4.78, 5) is 6.99. The number of sulfone groups is 1. The van der Waals surface area contributed by atoms with Crippen LogP contribution in [0.2, 0.25) is 5.02 Å². The molecular formula is C22H22ClFN2O2S2. The van der Waals surface area contributed by atoms with Crippen LogP contribution in [-0.4, -0.2) is 31.7 Å². The van der Waals surface area contributed by atoms with E-state index in [2.05, 4.69) is 4.90 Å². The van der Waals surface area contributed by atoms with Crippen molar-refractivity contribution in [3.63, 3.8) is 0 Å². The van der Waals surface area contributed by atoms with Crippen molar-refractivity contribution in [1.82, 2.24) is 4.98 Å². The molecule has 1 aliphatic rings. The van der Waals surface area contributed by atoms with Crippen LogP contribution >= 0.6 is 22.9 Å². The van der Waals surface area contributed by atoms with Crippen molar-refractivity contribution in [2.75, 3.05) is 18.0 Å². The van der Waals surface area contributed by atoms with Crippen LogP contribution in [0.5, 0.6) is 0 Å². The second kappa shape index (κ2) is 8.65. The summed E-state index contributed by atoms with van der Waals surface area (Å²) in [7, 11) is -3.55. The Labute approximate surface area is 185 Å². The molecule has 3 aromatic rings. The standard InChI is InChI=1S/C22H22ClFN2O2S2/c1-15-2-7-18(24)13-21(15)30(27,28)20-8-10-26(11-9-20)22-25-19(14-29-22)12-16-3-5-17(23)6-4-16/h2-7,13-14,20H,8-12H2,1H3. The quantitative estimate of drug-likeness (QED) is 0.515. The number of aryl methyl sites for hydroxylation is 1. The lowest BCUT2D eigenvalue weighted by atomic mass is 10.1. The van der Waals surface area contributed by atoms with Crippen molar-refractivity contribution in [2.45, 2.75) is 36.3 Å². The van der Waals surface area contributed by atoms with E-state index < -0.39 is 20.9 Å². The highest BCUT2D eigenvalue weighted by Crippen LogP contribution is 2.31. The largest absolute Gasteiger partial charge is 0.348 e. The van der Waals surface area contributed by atoms with Gasteiger partial charge >= 0.3 is 0 Å². The molecule has 0 bridgehead atoms. The number of aromatic nitrogens is 1. The summed E-state index contributed by atoms with van der Waals surface area (Å²) in [5.41, 5.74) is 2.72. The van der Waals surface area contributed by atoms with Crippen LogP contribution in [-0.2, 0) is 16.3 Å². The number of benzene rings is 2. The van der Waals surface area contributed by atoms with E-state index >= 15 is 0 Å². The van der Waals surface area contributed by atoms with Gasteiger partial charge in [0, 0.05) is 29.9 Å². The van der Waals surface area contributed by atoms with Gasteiger partial charge in [0.25, 0.3) is 0 Å². The van der Waals surface area contributed by atoms with Gasteiger partial charge < -0.3 is 4.90 Å². The number of anilines is 1. The fourth-order valence-electron chi connectivity index (χ4n) is 3.75. The van der Waals surface area contributed by atoms with Crippen LogP contribution in [0.3, 0.4) is 0 Å². The number of rotatable bonds is 5. The monoisotopic (exact) mass is 464 g/mol. The average molecular weight is 465 g/mol. The van der Waals surface area contributed by atoms with Crippen molar-refractivity contribution in [3.05, 3.63) is 75.5 Å². The SMILES string of the molecule is Cc1ccc(F)cc1S(=O)(=O)C1CCN(c2nc(Cc3ccc(Cl)cc3)cs2)CC1. The summed E-state index contributed by atoms with van der Waals surface area (Å²) in [6.45, 7) is 2.94. The third kappa shape index (κ3) is 4.53. The van der Waals surface area contributed by atoms with Gasteiger partial charge in [-0.3, -0.25) is 0 Å². The maximum atomic E-state index is 13.6. The molecule has 1 fully saturated rings. The minimum Gasteiger partial charge on any atom is -0.348 e. The van der Waals surface area contributed by atoms with Gasteiger partial charge in [-0.15, -0.1) is 11.3 Å². The Morgan fingerprint density at radius 3 is 2.57 bits per heavy atom. The maximum Gasteiger partial charge on any atom is 0.185 e. The Morgan fingerprint density at radius 2 is 1.87 bits per heavy atom. The lowest BCUT2D eigenvalue weighted by Crippen LogP contribution is -2.39. The second-order valence-corrected chi connectivity index (χ2v) is 11.0. The fraction of sp³-hybridized carbons (Fsp3) is 0.318. The van der Waals surface area contributed by atoms with Gasteiger partial charge in [0.1, 0.15) is 5.82 Å². The first-order chi connectivity index (χ1) is 14.3. The van der Waals surface area contributed by atoms with Crippen LogP contribution in [0, 0.1) is 12.7 Å². The molecule has 158 valence electrons. The van der Waals surface area contributed by atoms with E-state index in [0.29, 0.717) is 36.5 Å². The van der Waals surface area contributed by atoms with Crippen LogP contribution < -0.4 is 4.90 Å². The molecule has 0 radical (unpaired) electrons. The third-order valence-corrected chi connectivity index (χ3v) is 9.05. The van der Waals surface area contributed by atoms with Crippen LogP contribution in [0.4, 0.5) is 9.52 Å². The van der Waals surface area contributed by atoms with Crippen LogP contribution in [0.25, 0.3) is 0 Å². The van der Waals surface area contributed by atoms with Crippen molar-refractivity contribution >= 4 is 37.9 Å². The fourth-order valence-corrected chi connectivity index (χ4v) is 6.74. The highest BCUT2D eigenvalue weighted by atomic mass is 35.5. The lowest BCUT2D eigenvalue weighted by Gasteiger charge is -2.31. The van der Waals surface area contributed by atoms with E-state index in [1.54, 1.807) is 18.3 Å². The third-order valence-electron chi connectivity index (χ3n) is 5.45. The molecule has 2 aromatic carbocycles. The first-order valence-electron chi connectivity index (χ1n) is 9.77. The molecule has 4 nitrogen and oxygen atoms in total. The van der Waals surface area contributed by atoms with Crippen LogP contribution in [0.1, 0.15) is 29.7 Å². The van der Waals surface area contributed by atoms with Gasteiger partial charge in [0.2, 0.25) is 0 Å². The highest BCUT2D eigenvalue weighted by Gasteiger charge is 2.33. The molecule has 0 spiro atoms. The molecule has 1 saturated heterocycles. The number of thiazole rings is 1. The predicted octanol–water partition coefficient (Wildman–Crippen LogP) is 5.28. The summed E-state index contributed by atoms with van der Waals surface area (Å²) < 4.78 is 39.7. The summed E-state index contributed by atoms with van der Waals surface area (Å²) in [6.07, 6.45) is 1.74. The van der Waals surface area contributed by atoms with E-state index in [0.717, 1.165) is 28.9 Å². The van der Waals surface area contributed by atoms with Gasteiger partial charge in [0.05, 0.1) is 15.8 Å². The molecule has 2 heterocycles. The molecule has 1 aliphatic heterocycles. The molecule has 0 aliphatic carbocycles. The van der Waals surface area contributed by atoms with E-state index in [4.69, 9.17) is 16.6 Å². The van der Waals surface area contributed by atoms with Crippen LogP contribution in [0.15, 0.2) is 52.7 Å². The van der Waals surface area contributed by atoms with Gasteiger partial charge in [0.15, 0.2) is 15.0 Å². The van der Waals surface area contributed by atoms with E-state index in [9.17, 15) is 12.8 Å². The Morgan fingerprint density at radius 1 is 1.17 bits per heavy atom. The van der Waals surface area contributed by atoms with E-state index in [1.165, 1.54) is 12.1 Å². The van der Waals surface area contributed by atoms with E-state index in [1.807, 2.05) is 29.6 Å². The number of hydrogen-bond acceptors (Lipinski definition) is 5. The normalized spacial score (nSPS) is 15.5. The Kier molecular flexibility index (Phi) is 6.14. The van der Waals surface area contributed by atoms with E-state index in [-0.39, 0.29) is 4.90 Å². The average Bonchev–Trinajstić information content (AvgIpc) is 3.20. The zero-order valence-electron chi connectivity index (χ0n) is 16.5. The molecular weight excluding hydrogens is 443 g/mol. The maximum absolute atomic E-state index is 13.6. The number of piperidine rings is 1.